The van der Waals surface area contributed by atoms with Gasteiger partial charge < -0.3 is 10.6 Å². The van der Waals surface area contributed by atoms with Crippen molar-refractivity contribution in [2.24, 2.45) is 5.92 Å². The van der Waals surface area contributed by atoms with Gasteiger partial charge in [0.25, 0.3) is 5.91 Å². The Morgan fingerprint density at radius 1 is 1.50 bits per heavy atom. The summed E-state index contributed by atoms with van der Waals surface area (Å²) in [7, 11) is 1.82. The highest BCUT2D eigenvalue weighted by Gasteiger charge is 2.07. The van der Waals surface area contributed by atoms with Crippen LogP contribution < -0.4 is 10.6 Å². The van der Waals surface area contributed by atoms with Crippen LogP contribution in [0.25, 0.3) is 0 Å². The zero-order chi connectivity index (χ0) is 12.0. The quantitative estimate of drug-likeness (QED) is 0.798. The van der Waals surface area contributed by atoms with E-state index in [1.54, 1.807) is 12.3 Å². The third-order valence-corrected chi connectivity index (χ3v) is 2.59. The zero-order valence-corrected chi connectivity index (χ0v) is 10.1. The molecule has 1 rings (SSSR count). The van der Waals surface area contributed by atoms with E-state index in [9.17, 15) is 4.79 Å². The van der Waals surface area contributed by atoms with Crippen LogP contribution in [0, 0.1) is 5.92 Å². The second kappa shape index (κ2) is 6.10. The second-order valence-electron chi connectivity index (χ2n) is 3.91. The van der Waals surface area contributed by atoms with Crippen LogP contribution in [-0.2, 0) is 0 Å². The van der Waals surface area contributed by atoms with Gasteiger partial charge in [-0.25, -0.2) is 4.98 Å². The molecule has 0 saturated carbocycles. The summed E-state index contributed by atoms with van der Waals surface area (Å²) in [5, 5.41) is 5.82. The number of hydrogen-bond acceptors (Lipinski definition) is 3. The Balaban J connectivity index is 2.52. The first-order valence-corrected chi connectivity index (χ1v) is 5.59. The Kier molecular flexibility index (Phi) is 4.76. The number of rotatable bonds is 5. The Morgan fingerprint density at radius 3 is 2.75 bits per heavy atom. The van der Waals surface area contributed by atoms with Crippen molar-refractivity contribution < 1.29 is 4.79 Å². The number of amides is 1. The van der Waals surface area contributed by atoms with Crippen molar-refractivity contribution in [1.82, 2.24) is 10.3 Å². The molecule has 4 nitrogen and oxygen atoms in total. The van der Waals surface area contributed by atoms with Gasteiger partial charge in [-0.05, 0) is 18.1 Å². The minimum atomic E-state index is -0.108. The maximum absolute atomic E-state index is 11.7. The third kappa shape index (κ3) is 3.53. The molecule has 0 radical (unpaired) electrons. The molecule has 0 spiro atoms. The average molecular weight is 221 g/mol. The van der Waals surface area contributed by atoms with Gasteiger partial charge in [0.2, 0.25) is 0 Å². The minimum Gasteiger partial charge on any atom is -0.387 e. The average Bonchev–Trinajstić information content (AvgIpc) is 2.35. The van der Waals surface area contributed by atoms with E-state index in [0.717, 1.165) is 12.1 Å². The number of carbonyl (C=O) groups excluding carboxylic acids is 1. The van der Waals surface area contributed by atoms with Gasteiger partial charge >= 0.3 is 0 Å². The van der Waals surface area contributed by atoms with Crippen LogP contribution in [0.2, 0.25) is 0 Å². The lowest BCUT2D eigenvalue weighted by Gasteiger charge is -2.09. The summed E-state index contributed by atoms with van der Waals surface area (Å²) in [5.41, 5.74) is 1.36. The van der Waals surface area contributed by atoms with Crippen LogP contribution in [0.15, 0.2) is 18.3 Å². The van der Waals surface area contributed by atoms with Crippen molar-refractivity contribution in [3.63, 3.8) is 0 Å². The largest absolute Gasteiger partial charge is 0.387 e. The molecule has 0 aliphatic heterocycles. The molecule has 0 aliphatic carbocycles. The SMILES string of the molecule is CCC(C)CNC(=O)c1ccc(NC)cn1. The summed E-state index contributed by atoms with van der Waals surface area (Å²) in [6.07, 6.45) is 2.71. The first-order chi connectivity index (χ1) is 7.67. The van der Waals surface area contributed by atoms with E-state index in [2.05, 4.69) is 29.5 Å². The molecule has 1 unspecified atom stereocenters. The van der Waals surface area contributed by atoms with Gasteiger partial charge in [0.1, 0.15) is 5.69 Å². The summed E-state index contributed by atoms with van der Waals surface area (Å²) in [6, 6.07) is 3.56. The van der Waals surface area contributed by atoms with Crippen LogP contribution in [-0.4, -0.2) is 24.5 Å². The Morgan fingerprint density at radius 2 is 2.25 bits per heavy atom. The first kappa shape index (κ1) is 12.5. The summed E-state index contributed by atoms with van der Waals surface area (Å²) in [5.74, 6) is 0.392. The fraction of sp³-hybridized carbons (Fsp3) is 0.500. The molecule has 1 aromatic heterocycles. The maximum atomic E-state index is 11.7. The van der Waals surface area contributed by atoms with E-state index in [0.29, 0.717) is 18.2 Å². The summed E-state index contributed by atoms with van der Waals surface area (Å²) >= 11 is 0. The van der Waals surface area contributed by atoms with E-state index in [1.807, 2.05) is 13.1 Å². The van der Waals surface area contributed by atoms with E-state index < -0.39 is 0 Å². The maximum Gasteiger partial charge on any atom is 0.269 e. The van der Waals surface area contributed by atoms with E-state index >= 15 is 0 Å². The van der Waals surface area contributed by atoms with Crippen molar-refractivity contribution >= 4 is 11.6 Å². The monoisotopic (exact) mass is 221 g/mol. The number of aromatic nitrogens is 1. The molecule has 0 aromatic carbocycles. The summed E-state index contributed by atoms with van der Waals surface area (Å²) in [4.78, 5) is 15.7. The van der Waals surface area contributed by atoms with Crippen LogP contribution in [0.4, 0.5) is 5.69 Å². The molecule has 0 fully saturated rings. The lowest BCUT2D eigenvalue weighted by atomic mass is 10.1. The molecule has 16 heavy (non-hydrogen) atoms. The van der Waals surface area contributed by atoms with Crippen LogP contribution in [0.5, 0.6) is 0 Å². The summed E-state index contributed by atoms with van der Waals surface area (Å²) in [6.45, 7) is 4.92. The standard InChI is InChI=1S/C12H19N3O/c1-4-9(2)7-15-12(16)11-6-5-10(13-3)8-14-11/h5-6,8-9,13H,4,7H2,1-3H3,(H,15,16). The zero-order valence-electron chi connectivity index (χ0n) is 10.1. The molecule has 88 valence electrons. The Labute approximate surface area is 96.5 Å². The lowest BCUT2D eigenvalue weighted by Crippen LogP contribution is -2.28. The van der Waals surface area contributed by atoms with Crippen LogP contribution >= 0.6 is 0 Å². The number of carbonyl (C=O) groups is 1. The number of anilines is 1. The fourth-order valence-corrected chi connectivity index (χ4v) is 1.18. The van der Waals surface area contributed by atoms with Crippen molar-refractivity contribution in [2.45, 2.75) is 20.3 Å². The smallest absolute Gasteiger partial charge is 0.269 e. The number of pyridine rings is 1. The van der Waals surface area contributed by atoms with Crippen LogP contribution in [0.3, 0.4) is 0 Å². The topological polar surface area (TPSA) is 54.0 Å². The Hall–Kier alpha value is -1.58. The van der Waals surface area contributed by atoms with Gasteiger partial charge in [0.05, 0.1) is 11.9 Å². The van der Waals surface area contributed by atoms with E-state index in [1.165, 1.54) is 0 Å². The molecule has 1 amide bonds. The number of nitrogens with zero attached hydrogens (tertiary/aromatic N) is 1. The highest BCUT2D eigenvalue weighted by Crippen LogP contribution is 2.05. The van der Waals surface area contributed by atoms with Crippen molar-refractivity contribution in [3.05, 3.63) is 24.0 Å². The van der Waals surface area contributed by atoms with Gasteiger partial charge in [-0.3, -0.25) is 4.79 Å². The molecule has 4 heteroatoms. The van der Waals surface area contributed by atoms with Gasteiger partial charge in [-0.1, -0.05) is 20.3 Å². The van der Waals surface area contributed by atoms with Crippen molar-refractivity contribution in [2.75, 3.05) is 18.9 Å². The Bertz CT molecular complexity index is 335. The second-order valence-corrected chi connectivity index (χ2v) is 3.91. The number of hydrogen-bond donors (Lipinski definition) is 2. The van der Waals surface area contributed by atoms with E-state index in [-0.39, 0.29) is 5.91 Å². The van der Waals surface area contributed by atoms with Gasteiger partial charge in [-0.15, -0.1) is 0 Å². The molecular formula is C12H19N3O. The predicted molar refractivity (Wildman–Crippen MR) is 65.6 cm³/mol. The summed E-state index contributed by atoms with van der Waals surface area (Å²) < 4.78 is 0. The molecule has 1 heterocycles. The molecule has 1 atom stereocenters. The normalized spacial score (nSPS) is 11.9. The molecule has 1 aromatic rings. The molecule has 0 aliphatic rings. The first-order valence-electron chi connectivity index (χ1n) is 5.59. The number of nitrogens with one attached hydrogen (secondary N) is 2. The molecule has 0 saturated heterocycles. The molecule has 0 bridgehead atoms. The highest BCUT2D eigenvalue weighted by molar-refractivity contribution is 5.92. The van der Waals surface area contributed by atoms with Gasteiger partial charge in [0, 0.05) is 13.6 Å². The highest BCUT2D eigenvalue weighted by atomic mass is 16.1. The van der Waals surface area contributed by atoms with Crippen LogP contribution in [0.1, 0.15) is 30.8 Å². The van der Waals surface area contributed by atoms with Crippen molar-refractivity contribution in [3.8, 4) is 0 Å². The third-order valence-electron chi connectivity index (χ3n) is 2.59. The van der Waals surface area contributed by atoms with Gasteiger partial charge in [0.15, 0.2) is 0 Å². The van der Waals surface area contributed by atoms with Crippen molar-refractivity contribution in [1.29, 1.82) is 0 Å². The van der Waals surface area contributed by atoms with E-state index in [4.69, 9.17) is 0 Å². The fourth-order valence-electron chi connectivity index (χ4n) is 1.18. The predicted octanol–water partition coefficient (Wildman–Crippen LogP) is 1.90. The lowest BCUT2D eigenvalue weighted by molar-refractivity contribution is 0.0943. The van der Waals surface area contributed by atoms with Gasteiger partial charge in [-0.2, -0.15) is 0 Å². The molecule has 2 N–H and O–H groups in total. The molecular weight excluding hydrogens is 202 g/mol. The minimum absolute atomic E-state index is 0.108.